The number of allylic oxidation sites excluding steroid dienone is 1. The van der Waals surface area contributed by atoms with Gasteiger partial charge in [0.25, 0.3) is 0 Å². The Labute approximate surface area is 131 Å². The second-order valence-corrected chi connectivity index (χ2v) is 6.75. The minimum Gasteiger partial charge on any atom is -0.299 e. The van der Waals surface area contributed by atoms with Crippen LogP contribution in [0.2, 0.25) is 0 Å². The highest BCUT2D eigenvalue weighted by atomic mass is 16.2. The van der Waals surface area contributed by atoms with Crippen molar-refractivity contribution in [2.45, 2.75) is 39.5 Å². The van der Waals surface area contributed by atoms with Gasteiger partial charge in [-0.15, -0.1) is 0 Å². The number of carbonyl (C=O) groups is 3. The van der Waals surface area contributed by atoms with Crippen LogP contribution in [-0.2, 0) is 14.4 Å². The van der Waals surface area contributed by atoms with Crippen LogP contribution < -0.4 is 0 Å². The summed E-state index contributed by atoms with van der Waals surface area (Å²) < 4.78 is 0. The molecule has 0 spiro atoms. The van der Waals surface area contributed by atoms with E-state index in [-0.39, 0.29) is 29.2 Å². The minimum absolute atomic E-state index is 0.0129. The van der Waals surface area contributed by atoms with Crippen LogP contribution in [0.3, 0.4) is 0 Å². The average molecular weight is 298 g/mol. The van der Waals surface area contributed by atoms with E-state index in [1.807, 2.05) is 44.2 Å². The SMILES string of the molecule is CC1(C)CC(=O)C(CCC(=O)/C=C/c2ccccc2)C(=O)C1. The molecule has 1 aromatic rings. The second-order valence-electron chi connectivity index (χ2n) is 6.75. The van der Waals surface area contributed by atoms with Crippen molar-refractivity contribution in [1.29, 1.82) is 0 Å². The molecule has 3 heteroatoms. The van der Waals surface area contributed by atoms with Crippen LogP contribution in [0.25, 0.3) is 6.08 Å². The van der Waals surface area contributed by atoms with Crippen LogP contribution in [0.1, 0.15) is 45.1 Å². The molecule has 22 heavy (non-hydrogen) atoms. The van der Waals surface area contributed by atoms with Gasteiger partial charge in [0, 0.05) is 19.3 Å². The summed E-state index contributed by atoms with van der Waals surface area (Å²) in [6.45, 7) is 3.87. The predicted molar refractivity (Wildman–Crippen MR) is 86.2 cm³/mol. The molecule has 0 bridgehead atoms. The van der Waals surface area contributed by atoms with E-state index in [0.717, 1.165) is 5.56 Å². The maximum Gasteiger partial charge on any atom is 0.155 e. The van der Waals surface area contributed by atoms with E-state index in [0.29, 0.717) is 19.3 Å². The lowest BCUT2D eigenvalue weighted by Crippen LogP contribution is -2.37. The molecule has 1 fully saturated rings. The fraction of sp³-hybridized carbons (Fsp3) is 0.421. The zero-order valence-corrected chi connectivity index (χ0v) is 13.2. The zero-order chi connectivity index (χ0) is 16.2. The van der Waals surface area contributed by atoms with Gasteiger partial charge in [0.05, 0.1) is 5.92 Å². The van der Waals surface area contributed by atoms with Crippen LogP contribution in [0, 0.1) is 11.3 Å². The predicted octanol–water partition coefficient (Wildman–Crippen LogP) is 3.62. The fourth-order valence-electron chi connectivity index (χ4n) is 2.88. The van der Waals surface area contributed by atoms with Gasteiger partial charge in [-0.2, -0.15) is 0 Å². The Morgan fingerprint density at radius 2 is 1.73 bits per heavy atom. The maximum absolute atomic E-state index is 12.1. The van der Waals surface area contributed by atoms with Crippen molar-refractivity contribution < 1.29 is 14.4 Å². The van der Waals surface area contributed by atoms with Crippen LogP contribution in [0.15, 0.2) is 36.4 Å². The quantitative estimate of drug-likeness (QED) is 0.616. The normalized spacial score (nSPS) is 18.8. The molecular weight excluding hydrogens is 276 g/mol. The molecule has 3 nitrogen and oxygen atoms in total. The summed E-state index contributed by atoms with van der Waals surface area (Å²) in [5.74, 6) is -0.654. The third-order valence-corrected chi connectivity index (χ3v) is 4.02. The molecular formula is C19H22O3. The number of hydrogen-bond donors (Lipinski definition) is 0. The highest BCUT2D eigenvalue weighted by Crippen LogP contribution is 2.35. The largest absolute Gasteiger partial charge is 0.299 e. The number of hydrogen-bond acceptors (Lipinski definition) is 3. The molecule has 0 heterocycles. The standard InChI is InChI=1S/C19H22O3/c1-19(2)12-17(21)16(18(22)13-19)11-10-15(20)9-8-14-6-4-3-5-7-14/h3-9,16H,10-13H2,1-2H3/b9-8+. The molecule has 0 unspecified atom stereocenters. The smallest absolute Gasteiger partial charge is 0.155 e. The summed E-state index contributed by atoms with van der Waals surface area (Å²) in [7, 11) is 0. The molecule has 1 aliphatic rings. The third-order valence-electron chi connectivity index (χ3n) is 4.02. The fourth-order valence-corrected chi connectivity index (χ4v) is 2.88. The molecule has 1 aliphatic carbocycles. The van der Waals surface area contributed by atoms with Crippen molar-refractivity contribution in [3.8, 4) is 0 Å². The maximum atomic E-state index is 12.1. The van der Waals surface area contributed by atoms with Gasteiger partial charge in [-0.3, -0.25) is 14.4 Å². The molecule has 116 valence electrons. The molecule has 0 N–H and O–H groups in total. The minimum atomic E-state index is -0.581. The summed E-state index contributed by atoms with van der Waals surface area (Å²) in [6, 6.07) is 9.57. The van der Waals surface area contributed by atoms with Crippen molar-refractivity contribution >= 4 is 23.4 Å². The van der Waals surface area contributed by atoms with Gasteiger partial charge in [0.15, 0.2) is 5.78 Å². The first-order chi connectivity index (χ1) is 10.4. The Morgan fingerprint density at radius 1 is 1.14 bits per heavy atom. The summed E-state index contributed by atoms with van der Waals surface area (Å²) in [5, 5.41) is 0. The van der Waals surface area contributed by atoms with Gasteiger partial charge >= 0.3 is 0 Å². The van der Waals surface area contributed by atoms with E-state index in [2.05, 4.69) is 0 Å². The molecule has 0 amide bonds. The Bertz CT molecular complexity index is 576. The van der Waals surface area contributed by atoms with Crippen molar-refractivity contribution in [2.75, 3.05) is 0 Å². The highest BCUT2D eigenvalue weighted by Gasteiger charge is 2.39. The number of ketones is 3. The van der Waals surface area contributed by atoms with Gasteiger partial charge in [-0.1, -0.05) is 50.3 Å². The van der Waals surface area contributed by atoms with E-state index >= 15 is 0 Å². The Morgan fingerprint density at radius 3 is 2.32 bits per heavy atom. The first kappa shape index (κ1) is 16.3. The van der Waals surface area contributed by atoms with Gasteiger partial charge < -0.3 is 0 Å². The Balaban J connectivity index is 1.87. The van der Waals surface area contributed by atoms with Crippen LogP contribution in [0.5, 0.6) is 0 Å². The average Bonchev–Trinajstić information content (AvgIpc) is 2.44. The molecule has 0 aromatic heterocycles. The van der Waals surface area contributed by atoms with Crippen molar-refractivity contribution in [2.24, 2.45) is 11.3 Å². The number of Topliss-reactive ketones (excluding diaryl/α,β-unsaturated/α-hetero) is 2. The summed E-state index contributed by atoms with van der Waals surface area (Å²) in [4.78, 5) is 36.0. The Kier molecular flexibility index (Phi) is 5.07. The van der Waals surface area contributed by atoms with E-state index in [9.17, 15) is 14.4 Å². The first-order valence-electron chi connectivity index (χ1n) is 7.69. The summed E-state index contributed by atoms with van der Waals surface area (Å²) in [5.41, 5.74) is 0.726. The van der Waals surface area contributed by atoms with Crippen LogP contribution in [-0.4, -0.2) is 17.3 Å². The lowest BCUT2D eigenvalue weighted by atomic mass is 9.70. The number of carbonyl (C=O) groups excluding carboxylic acids is 3. The van der Waals surface area contributed by atoms with Gasteiger partial charge in [0.1, 0.15) is 11.6 Å². The van der Waals surface area contributed by atoms with Crippen molar-refractivity contribution in [3.05, 3.63) is 42.0 Å². The zero-order valence-electron chi connectivity index (χ0n) is 13.2. The van der Waals surface area contributed by atoms with Crippen molar-refractivity contribution in [3.63, 3.8) is 0 Å². The molecule has 1 aromatic carbocycles. The van der Waals surface area contributed by atoms with Crippen molar-refractivity contribution in [1.82, 2.24) is 0 Å². The summed E-state index contributed by atoms with van der Waals surface area (Å²) >= 11 is 0. The lowest BCUT2D eigenvalue weighted by Gasteiger charge is -2.31. The lowest BCUT2D eigenvalue weighted by molar-refractivity contribution is -0.139. The highest BCUT2D eigenvalue weighted by molar-refractivity contribution is 6.05. The van der Waals surface area contributed by atoms with Gasteiger partial charge in [0.2, 0.25) is 0 Å². The van der Waals surface area contributed by atoms with E-state index in [1.165, 1.54) is 6.08 Å². The van der Waals surface area contributed by atoms with E-state index in [4.69, 9.17) is 0 Å². The third kappa shape index (κ3) is 4.48. The van der Waals surface area contributed by atoms with E-state index in [1.54, 1.807) is 6.08 Å². The van der Waals surface area contributed by atoms with E-state index < -0.39 is 5.92 Å². The van der Waals surface area contributed by atoms with Gasteiger partial charge in [-0.05, 0) is 23.5 Å². The molecule has 0 aliphatic heterocycles. The summed E-state index contributed by atoms with van der Waals surface area (Å²) in [6.07, 6.45) is 4.72. The molecule has 0 atom stereocenters. The Hall–Kier alpha value is -2.03. The van der Waals surface area contributed by atoms with Gasteiger partial charge in [-0.25, -0.2) is 0 Å². The molecule has 2 rings (SSSR count). The second kappa shape index (κ2) is 6.82. The number of rotatable bonds is 5. The molecule has 1 saturated carbocycles. The molecule has 0 radical (unpaired) electrons. The van der Waals surface area contributed by atoms with Crippen LogP contribution >= 0.6 is 0 Å². The van der Waals surface area contributed by atoms with Crippen LogP contribution in [0.4, 0.5) is 0 Å². The topological polar surface area (TPSA) is 51.2 Å². The monoisotopic (exact) mass is 298 g/mol. The number of benzene rings is 1. The first-order valence-corrected chi connectivity index (χ1v) is 7.69. The molecule has 0 saturated heterocycles.